The molecule has 0 spiro atoms. The molecule has 4 rings (SSSR count). The maximum absolute atomic E-state index is 13.8. The summed E-state index contributed by atoms with van der Waals surface area (Å²) in [5.74, 6) is 0.107. The first-order valence-corrected chi connectivity index (χ1v) is 13.4. The summed E-state index contributed by atoms with van der Waals surface area (Å²) in [6, 6.07) is 14.7. The van der Waals surface area contributed by atoms with Crippen molar-refractivity contribution in [1.82, 2.24) is 20.2 Å². The van der Waals surface area contributed by atoms with E-state index >= 15 is 0 Å². The van der Waals surface area contributed by atoms with E-state index in [-0.39, 0.29) is 12.3 Å². The summed E-state index contributed by atoms with van der Waals surface area (Å²) in [5, 5.41) is 13.3. The summed E-state index contributed by atoms with van der Waals surface area (Å²) in [4.78, 5) is 35.2. The third-order valence-corrected chi connectivity index (χ3v) is 7.21. The number of likely N-dealkylation sites (tertiary alicyclic amines) is 1. The fraction of sp³-hybridized carbons (Fsp3) is 0.433. The molecule has 2 atom stereocenters. The maximum atomic E-state index is 13.8. The van der Waals surface area contributed by atoms with Crippen molar-refractivity contribution in [2.24, 2.45) is 0 Å². The molecule has 0 radical (unpaired) electrons. The van der Waals surface area contributed by atoms with Gasteiger partial charge in [0.25, 0.3) is 0 Å². The van der Waals surface area contributed by atoms with E-state index in [1.54, 1.807) is 12.0 Å². The minimum Gasteiger partial charge on any atom is -0.497 e. The van der Waals surface area contributed by atoms with Gasteiger partial charge in [-0.1, -0.05) is 49.7 Å². The van der Waals surface area contributed by atoms with E-state index < -0.39 is 23.7 Å². The number of methoxy groups -OCH3 is 1. The highest BCUT2D eigenvalue weighted by molar-refractivity contribution is 5.89. The second kappa shape index (κ2) is 12.9. The lowest BCUT2D eigenvalue weighted by molar-refractivity contribution is -0.175. The molecule has 9 nitrogen and oxygen atoms in total. The van der Waals surface area contributed by atoms with Crippen molar-refractivity contribution in [3.63, 3.8) is 0 Å². The number of hydrogen-bond donors (Lipinski definition) is 3. The summed E-state index contributed by atoms with van der Waals surface area (Å²) in [5.41, 5.74) is 2.97. The number of aryl methyl sites for hydroxylation is 1. The number of nitrogens with zero attached hydrogens (tertiary/aromatic N) is 2. The number of unbranched alkanes of at least 4 members (excludes halogenated alkanes) is 1. The van der Waals surface area contributed by atoms with E-state index in [4.69, 9.17) is 9.47 Å². The van der Waals surface area contributed by atoms with Gasteiger partial charge in [-0.25, -0.2) is 4.98 Å². The minimum absolute atomic E-state index is 0.182. The number of benzene rings is 2. The molecular formula is C30H38N4O5. The smallest absolute Gasteiger partial charge is 0.245 e. The van der Waals surface area contributed by atoms with Gasteiger partial charge in [0.15, 0.2) is 0 Å². The molecule has 1 aliphatic rings. The zero-order chi connectivity index (χ0) is 27.8. The predicted octanol–water partition coefficient (Wildman–Crippen LogP) is 3.43. The van der Waals surface area contributed by atoms with Crippen LogP contribution in [0.2, 0.25) is 0 Å². The zero-order valence-corrected chi connectivity index (χ0v) is 22.9. The summed E-state index contributed by atoms with van der Waals surface area (Å²) in [6.45, 7) is 5.61. The Hall–Kier alpha value is -3.69. The number of rotatable bonds is 13. The molecular weight excluding hydrogens is 496 g/mol. The fourth-order valence-corrected chi connectivity index (χ4v) is 4.97. The molecule has 1 fully saturated rings. The van der Waals surface area contributed by atoms with Crippen LogP contribution in [0.3, 0.4) is 0 Å². The number of imidazole rings is 1. The molecule has 208 valence electrons. The van der Waals surface area contributed by atoms with Gasteiger partial charge in [-0.2, -0.15) is 0 Å². The lowest BCUT2D eigenvalue weighted by Gasteiger charge is -2.51. The van der Waals surface area contributed by atoms with E-state index in [0.717, 1.165) is 29.5 Å². The highest BCUT2D eigenvalue weighted by Crippen LogP contribution is 2.38. The van der Waals surface area contributed by atoms with Gasteiger partial charge < -0.3 is 29.8 Å². The zero-order valence-electron chi connectivity index (χ0n) is 22.9. The molecule has 3 aromatic rings. The van der Waals surface area contributed by atoms with Crippen LogP contribution < -0.4 is 10.1 Å². The van der Waals surface area contributed by atoms with Crippen LogP contribution in [-0.4, -0.2) is 64.6 Å². The Kier molecular flexibility index (Phi) is 9.37. The average molecular weight is 535 g/mol. The monoisotopic (exact) mass is 534 g/mol. The van der Waals surface area contributed by atoms with Crippen LogP contribution in [0.1, 0.15) is 54.7 Å². The number of aliphatic hydroxyl groups excluding tert-OH is 1. The highest BCUT2D eigenvalue weighted by Gasteiger charge is 2.49. The minimum atomic E-state index is -1.05. The number of aliphatic hydroxyl groups is 1. The molecule has 0 saturated carbocycles. The number of aromatic amines is 1. The molecule has 1 unspecified atom stereocenters. The van der Waals surface area contributed by atoms with Gasteiger partial charge in [0.2, 0.25) is 11.8 Å². The molecule has 1 aromatic heterocycles. The van der Waals surface area contributed by atoms with Crippen LogP contribution in [0.15, 0.2) is 61.1 Å². The quantitative estimate of drug-likeness (QED) is 0.289. The molecule has 1 saturated heterocycles. The van der Waals surface area contributed by atoms with E-state index in [2.05, 4.69) is 41.3 Å². The first kappa shape index (κ1) is 28.3. The first-order chi connectivity index (χ1) is 18.8. The van der Waals surface area contributed by atoms with Crippen LogP contribution in [-0.2, 0) is 26.3 Å². The molecule has 9 heteroatoms. The van der Waals surface area contributed by atoms with Crippen molar-refractivity contribution >= 4 is 11.8 Å². The average Bonchev–Trinajstić information content (AvgIpc) is 3.46. The number of carbonyl (C=O) groups excluding carboxylic acids is 2. The normalized spacial score (nSPS) is 15.7. The third kappa shape index (κ3) is 6.85. The number of amides is 2. The fourth-order valence-electron chi connectivity index (χ4n) is 4.97. The van der Waals surface area contributed by atoms with Gasteiger partial charge in [-0.15, -0.1) is 0 Å². The Balaban J connectivity index is 1.50. The number of H-pyrrole nitrogens is 1. The van der Waals surface area contributed by atoms with Gasteiger partial charge in [0.05, 0.1) is 44.8 Å². The Morgan fingerprint density at radius 1 is 1.18 bits per heavy atom. The summed E-state index contributed by atoms with van der Waals surface area (Å²) in [7, 11) is 1.60. The van der Waals surface area contributed by atoms with Gasteiger partial charge >= 0.3 is 0 Å². The van der Waals surface area contributed by atoms with Crippen LogP contribution in [0.25, 0.3) is 0 Å². The van der Waals surface area contributed by atoms with E-state index in [0.29, 0.717) is 37.6 Å². The van der Waals surface area contributed by atoms with Crippen LogP contribution in [0.4, 0.5) is 0 Å². The van der Waals surface area contributed by atoms with E-state index in [1.165, 1.54) is 12.5 Å². The number of carbonyl (C=O) groups is 2. The van der Waals surface area contributed by atoms with Crippen molar-refractivity contribution < 1.29 is 24.2 Å². The Morgan fingerprint density at radius 3 is 2.56 bits per heavy atom. The molecule has 39 heavy (non-hydrogen) atoms. The number of aromatic nitrogens is 2. The predicted molar refractivity (Wildman–Crippen MR) is 147 cm³/mol. The van der Waals surface area contributed by atoms with Crippen LogP contribution in [0, 0.1) is 6.92 Å². The molecule has 2 heterocycles. The molecule has 0 bridgehead atoms. The summed E-state index contributed by atoms with van der Waals surface area (Å²) < 4.78 is 11.7. The van der Waals surface area contributed by atoms with Gasteiger partial charge in [-0.3, -0.25) is 9.59 Å². The number of hydrogen-bond acceptors (Lipinski definition) is 6. The Morgan fingerprint density at radius 2 is 1.92 bits per heavy atom. The number of nitrogens with one attached hydrogen (secondary N) is 2. The number of ether oxygens (including phenoxy) is 2. The molecule has 2 aromatic carbocycles. The maximum Gasteiger partial charge on any atom is 0.245 e. The topological polar surface area (TPSA) is 117 Å². The lowest BCUT2D eigenvalue weighted by atomic mass is 9.82. The molecule has 2 amide bonds. The summed E-state index contributed by atoms with van der Waals surface area (Å²) >= 11 is 0. The van der Waals surface area contributed by atoms with Gasteiger partial charge in [0.1, 0.15) is 23.5 Å². The largest absolute Gasteiger partial charge is 0.497 e. The van der Waals surface area contributed by atoms with E-state index in [9.17, 15) is 14.7 Å². The molecule has 1 aliphatic heterocycles. The SMILES string of the molecule is CCCCOC1(c2ccccc2C)CN(C(=O)[C@@H](Cc2ccc(OC)cc2)NC(=O)CC(O)c2cnc[nH]2)C1. The molecule has 3 N–H and O–H groups in total. The van der Waals surface area contributed by atoms with Crippen molar-refractivity contribution in [3.8, 4) is 5.75 Å². The first-order valence-electron chi connectivity index (χ1n) is 13.4. The van der Waals surface area contributed by atoms with Gasteiger partial charge in [-0.05, 0) is 42.2 Å². The van der Waals surface area contributed by atoms with Crippen molar-refractivity contribution in [1.29, 1.82) is 0 Å². The Labute approximate surface area is 229 Å². The Bertz CT molecular complexity index is 1220. The van der Waals surface area contributed by atoms with Crippen LogP contribution >= 0.6 is 0 Å². The highest BCUT2D eigenvalue weighted by atomic mass is 16.5. The summed E-state index contributed by atoms with van der Waals surface area (Å²) in [6.07, 6.45) is 3.94. The van der Waals surface area contributed by atoms with Crippen molar-refractivity contribution in [2.75, 3.05) is 26.8 Å². The standard InChI is InChI=1S/C30H38N4O5/c1-4-5-14-39-30(24-9-7-6-8-21(24)2)18-34(19-30)29(37)25(15-22-10-12-23(38-3)13-11-22)33-28(36)16-27(35)26-17-31-20-32-26/h6-13,17,20,25,27,35H,4-5,14-16,18-19H2,1-3H3,(H,31,32)(H,33,36)/t25-,27?/m1/s1. The third-order valence-electron chi connectivity index (χ3n) is 7.21. The molecule has 0 aliphatic carbocycles. The van der Waals surface area contributed by atoms with Crippen molar-refractivity contribution in [3.05, 3.63) is 83.4 Å². The van der Waals surface area contributed by atoms with E-state index in [1.807, 2.05) is 36.4 Å². The van der Waals surface area contributed by atoms with Gasteiger partial charge in [0, 0.05) is 13.0 Å². The second-order valence-corrected chi connectivity index (χ2v) is 10.1. The lowest BCUT2D eigenvalue weighted by Crippen LogP contribution is -2.66. The van der Waals surface area contributed by atoms with Crippen LogP contribution in [0.5, 0.6) is 5.75 Å². The second-order valence-electron chi connectivity index (χ2n) is 10.1. The van der Waals surface area contributed by atoms with Crippen molar-refractivity contribution in [2.45, 2.75) is 57.3 Å².